The third-order valence-electron chi connectivity index (χ3n) is 3.82. The van der Waals surface area contributed by atoms with Crippen LogP contribution in [0, 0.1) is 0 Å². The van der Waals surface area contributed by atoms with Crippen LogP contribution in [0.25, 0.3) is 0 Å². The first kappa shape index (κ1) is 15.0. The highest BCUT2D eigenvalue weighted by atomic mass is 16.5. The zero-order chi connectivity index (χ0) is 14.4. The second-order valence-corrected chi connectivity index (χ2v) is 5.49. The Morgan fingerprint density at radius 3 is 2.60 bits per heavy atom. The molecule has 0 amide bonds. The van der Waals surface area contributed by atoms with Crippen LogP contribution in [-0.2, 0) is 22.4 Å². The first-order valence-electron chi connectivity index (χ1n) is 7.33. The highest BCUT2D eigenvalue weighted by Gasteiger charge is 2.14. The van der Waals surface area contributed by atoms with E-state index in [1.165, 1.54) is 24.8 Å². The van der Waals surface area contributed by atoms with Gasteiger partial charge in [-0.2, -0.15) is 0 Å². The minimum Gasteiger partial charge on any atom is -0.480 e. The number of carboxylic acids is 1. The third-order valence-corrected chi connectivity index (χ3v) is 3.82. The molecular formula is C16H23NO3. The zero-order valence-corrected chi connectivity index (χ0v) is 11.8. The molecule has 2 atom stereocenters. The van der Waals surface area contributed by atoms with E-state index >= 15 is 0 Å². The Morgan fingerprint density at radius 1 is 1.30 bits per heavy atom. The van der Waals surface area contributed by atoms with Crippen molar-refractivity contribution >= 4 is 5.97 Å². The van der Waals surface area contributed by atoms with Gasteiger partial charge in [-0.1, -0.05) is 24.3 Å². The number of ether oxygens (including phenoxy) is 1. The summed E-state index contributed by atoms with van der Waals surface area (Å²) in [6.45, 7) is 0.899. The van der Waals surface area contributed by atoms with Gasteiger partial charge in [0.25, 0.3) is 0 Å². The number of rotatable bonds is 6. The van der Waals surface area contributed by atoms with Crippen LogP contribution < -0.4 is 5.73 Å². The number of aryl methyl sites for hydroxylation is 1. The van der Waals surface area contributed by atoms with E-state index in [4.69, 9.17) is 15.6 Å². The third kappa shape index (κ3) is 4.62. The smallest absolute Gasteiger partial charge is 0.320 e. The van der Waals surface area contributed by atoms with Gasteiger partial charge in [0.15, 0.2) is 0 Å². The summed E-state index contributed by atoms with van der Waals surface area (Å²) in [6, 6.07) is 7.25. The molecule has 110 valence electrons. The van der Waals surface area contributed by atoms with Crippen molar-refractivity contribution in [2.75, 3.05) is 6.61 Å². The summed E-state index contributed by atoms with van der Waals surface area (Å²) in [5, 5.41) is 8.79. The fraction of sp³-hybridized carbons (Fsp3) is 0.562. The number of benzene rings is 1. The SMILES string of the molecule is NC(Cc1ccc(CCC2CCCCO2)cc1)C(=O)O. The van der Waals surface area contributed by atoms with Gasteiger partial charge in [0.05, 0.1) is 6.10 Å². The molecule has 1 heterocycles. The summed E-state index contributed by atoms with van der Waals surface area (Å²) in [5.41, 5.74) is 7.77. The summed E-state index contributed by atoms with van der Waals surface area (Å²) >= 11 is 0. The summed E-state index contributed by atoms with van der Waals surface area (Å²) in [5.74, 6) is -0.955. The molecule has 0 bridgehead atoms. The Morgan fingerprint density at radius 2 is 2.00 bits per heavy atom. The van der Waals surface area contributed by atoms with Crippen LogP contribution in [0.1, 0.15) is 36.8 Å². The first-order valence-corrected chi connectivity index (χ1v) is 7.33. The number of hydrogen-bond acceptors (Lipinski definition) is 3. The summed E-state index contributed by atoms with van der Waals surface area (Å²) in [4.78, 5) is 10.7. The largest absolute Gasteiger partial charge is 0.480 e. The van der Waals surface area contributed by atoms with Crippen LogP contribution in [0.2, 0.25) is 0 Å². The molecule has 0 saturated carbocycles. The standard InChI is InChI=1S/C16H23NO3/c17-15(16(18)19)11-13-6-4-12(5-7-13)8-9-14-3-1-2-10-20-14/h4-7,14-15H,1-3,8-11,17H2,(H,18,19). The minimum atomic E-state index is -0.955. The topological polar surface area (TPSA) is 72.5 Å². The lowest BCUT2D eigenvalue weighted by Gasteiger charge is -2.22. The van der Waals surface area contributed by atoms with E-state index < -0.39 is 12.0 Å². The predicted octanol–water partition coefficient (Wildman–Crippen LogP) is 2.14. The molecule has 0 spiro atoms. The maximum absolute atomic E-state index is 10.7. The number of aliphatic carboxylic acids is 1. The van der Waals surface area contributed by atoms with E-state index in [1.54, 1.807) is 0 Å². The Balaban J connectivity index is 1.80. The van der Waals surface area contributed by atoms with Gasteiger partial charge in [0.1, 0.15) is 6.04 Å². The molecule has 0 aromatic heterocycles. The van der Waals surface area contributed by atoms with Crippen molar-refractivity contribution < 1.29 is 14.6 Å². The van der Waals surface area contributed by atoms with E-state index in [-0.39, 0.29) is 0 Å². The quantitative estimate of drug-likeness (QED) is 0.835. The van der Waals surface area contributed by atoms with Crippen LogP contribution in [0.5, 0.6) is 0 Å². The Labute approximate surface area is 119 Å². The molecule has 1 aromatic carbocycles. The van der Waals surface area contributed by atoms with Gasteiger partial charge >= 0.3 is 5.97 Å². The van der Waals surface area contributed by atoms with Crippen LogP contribution in [0.3, 0.4) is 0 Å². The summed E-state index contributed by atoms with van der Waals surface area (Å²) in [7, 11) is 0. The van der Waals surface area contributed by atoms with Crippen LogP contribution >= 0.6 is 0 Å². The number of hydrogen-bond donors (Lipinski definition) is 2. The molecule has 1 saturated heterocycles. The molecule has 3 N–H and O–H groups in total. The van der Waals surface area contributed by atoms with Gasteiger partial charge in [-0.25, -0.2) is 0 Å². The van der Waals surface area contributed by atoms with Gasteiger partial charge in [0, 0.05) is 6.61 Å². The van der Waals surface area contributed by atoms with Crippen molar-refractivity contribution in [2.45, 2.75) is 50.7 Å². The van der Waals surface area contributed by atoms with Crippen molar-refractivity contribution in [3.05, 3.63) is 35.4 Å². The van der Waals surface area contributed by atoms with Crippen molar-refractivity contribution in [1.82, 2.24) is 0 Å². The monoisotopic (exact) mass is 277 g/mol. The molecule has 1 aliphatic rings. The van der Waals surface area contributed by atoms with E-state index in [0.717, 1.165) is 25.0 Å². The summed E-state index contributed by atoms with van der Waals surface area (Å²) in [6.07, 6.45) is 6.49. The van der Waals surface area contributed by atoms with E-state index in [9.17, 15) is 4.79 Å². The second-order valence-electron chi connectivity index (χ2n) is 5.49. The van der Waals surface area contributed by atoms with Crippen LogP contribution in [0.15, 0.2) is 24.3 Å². The lowest BCUT2D eigenvalue weighted by molar-refractivity contribution is -0.138. The maximum atomic E-state index is 10.7. The van der Waals surface area contributed by atoms with Crippen molar-refractivity contribution in [1.29, 1.82) is 0 Å². The Hall–Kier alpha value is -1.39. The lowest BCUT2D eigenvalue weighted by atomic mass is 9.99. The van der Waals surface area contributed by atoms with Gasteiger partial charge in [-0.05, 0) is 49.7 Å². The number of carboxylic acid groups (broad SMARTS) is 1. The molecule has 1 fully saturated rings. The summed E-state index contributed by atoms with van der Waals surface area (Å²) < 4.78 is 5.72. The first-order chi connectivity index (χ1) is 9.65. The number of nitrogens with two attached hydrogens (primary N) is 1. The molecule has 4 nitrogen and oxygen atoms in total. The van der Waals surface area contributed by atoms with Gasteiger partial charge in [-0.3, -0.25) is 4.79 Å². The van der Waals surface area contributed by atoms with Gasteiger partial charge < -0.3 is 15.6 Å². The average molecular weight is 277 g/mol. The lowest BCUT2D eigenvalue weighted by Crippen LogP contribution is -2.32. The fourth-order valence-corrected chi connectivity index (χ4v) is 2.55. The van der Waals surface area contributed by atoms with Crippen molar-refractivity contribution in [3.8, 4) is 0 Å². The highest BCUT2D eigenvalue weighted by Crippen LogP contribution is 2.18. The number of carbonyl (C=O) groups is 1. The Bertz CT molecular complexity index is 424. The fourth-order valence-electron chi connectivity index (χ4n) is 2.55. The molecule has 4 heteroatoms. The minimum absolute atomic E-state index is 0.376. The molecule has 1 aliphatic heterocycles. The maximum Gasteiger partial charge on any atom is 0.320 e. The molecule has 2 unspecified atom stereocenters. The molecule has 2 rings (SSSR count). The second kappa shape index (κ2) is 7.41. The van der Waals surface area contributed by atoms with Gasteiger partial charge in [0.2, 0.25) is 0 Å². The highest BCUT2D eigenvalue weighted by molar-refractivity contribution is 5.73. The molecular weight excluding hydrogens is 254 g/mol. The van der Waals surface area contributed by atoms with E-state index in [0.29, 0.717) is 12.5 Å². The normalized spacial score (nSPS) is 20.6. The zero-order valence-electron chi connectivity index (χ0n) is 11.8. The van der Waals surface area contributed by atoms with Crippen molar-refractivity contribution in [3.63, 3.8) is 0 Å². The molecule has 1 aromatic rings. The average Bonchev–Trinajstić information content (AvgIpc) is 2.47. The van der Waals surface area contributed by atoms with Gasteiger partial charge in [-0.15, -0.1) is 0 Å². The van der Waals surface area contributed by atoms with Crippen LogP contribution in [-0.4, -0.2) is 29.8 Å². The van der Waals surface area contributed by atoms with E-state index in [2.05, 4.69) is 12.1 Å². The van der Waals surface area contributed by atoms with Crippen molar-refractivity contribution in [2.24, 2.45) is 5.73 Å². The molecule has 0 radical (unpaired) electrons. The van der Waals surface area contributed by atoms with Crippen LogP contribution in [0.4, 0.5) is 0 Å². The van der Waals surface area contributed by atoms with E-state index in [1.807, 2.05) is 12.1 Å². The molecule has 0 aliphatic carbocycles. The Kier molecular flexibility index (Phi) is 5.56. The molecule has 20 heavy (non-hydrogen) atoms. The predicted molar refractivity (Wildman–Crippen MR) is 77.7 cm³/mol.